The number of urea groups is 1. The van der Waals surface area contributed by atoms with E-state index in [0.717, 1.165) is 17.7 Å². The second kappa shape index (κ2) is 6.99. The SMILES string of the molecule is NC(=O)c1ccc(NC(=O)NC[C@H]2CCOc3ccccc32)cn1. The van der Waals surface area contributed by atoms with Crippen LogP contribution in [0.5, 0.6) is 5.75 Å². The summed E-state index contributed by atoms with van der Waals surface area (Å²) in [7, 11) is 0. The minimum Gasteiger partial charge on any atom is -0.493 e. The van der Waals surface area contributed by atoms with Crippen LogP contribution >= 0.6 is 0 Å². The van der Waals surface area contributed by atoms with Crippen molar-refractivity contribution in [3.8, 4) is 5.75 Å². The molecule has 7 nitrogen and oxygen atoms in total. The van der Waals surface area contributed by atoms with Crippen molar-refractivity contribution in [2.24, 2.45) is 5.73 Å². The molecule has 1 aliphatic heterocycles. The number of carbonyl (C=O) groups is 2. The average Bonchev–Trinajstić information content (AvgIpc) is 2.60. The van der Waals surface area contributed by atoms with E-state index in [0.29, 0.717) is 18.8 Å². The lowest BCUT2D eigenvalue weighted by Gasteiger charge is -2.26. The van der Waals surface area contributed by atoms with Gasteiger partial charge in [0.25, 0.3) is 5.91 Å². The number of aromatic nitrogens is 1. The molecule has 0 unspecified atom stereocenters. The van der Waals surface area contributed by atoms with Gasteiger partial charge in [-0.25, -0.2) is 9.78 Å². The van der Waals surface area contributed by atoms with Gasteiger partial charge in [-0.1, -0.05) is 18.2 Å². The van der Waals surface area contributed by atoms with Gasteiger partial charge in [0.05, 0.1) is 18.5 Å². The molecule has 0 spiro atoms. The number of pyridine rings is 1. The molecule has 4 N–H and O–H groups in total. The van der Waals surface area contributed by atoms with Crippen molar-refractivity contribution in [3.63, 3.8) is 0 Å². The molecule has 0 radical (unpaired) electrons. The highest BCUT2D eigenvalue weighted by molar-refractivity contribution is 5.92. The Morgan fingerprint density at radius 3 is 2.83 bits per heavy atom. The number of anilines is 1. The largest absolute Gasteiger partial charge is 0.493 e. The van der Waals surface area contributed by atoms with Gasteiger partial charge in [0, 0.05) is 12.5 Å². The number of carbonyl (C=O) groups excluding carboxylic acids is 2. The first-order valence-electron chi connectivity index (χ1n) is 7.66. The quantitative estimate of drug-likeness (QED) is 0.797. The normalized spacial score (nSPS) is 15.8. The van der Waals surface area contributed by atoms with Crippen LogP contribution in [0, 0.1) is 0 Å². The zero-order valence-corrected chi connectivity index (χ0v) is 13.0. The van der Waals surface area contributed by atoms with Crippen molar-refractivity contribution in [2.45, 2.75) is 12.3 Å². The number of rotatable bonds is 4. The Hall–Kier alpha value is -3.09. The summed E-state index contributed by atoms with van der Waals surface area (Å²) in [5.74, 6) is 0.488. The maximum absolute atomic E-state index is 12.0. The van der Waals surface area contributed by atoms with Crippen LogP contribution in [0.25, 0.3) is 0 Å². The number of amides is 3. The molecule has 0 saturated heterocycles. The molecule has 1 aromatic heterocycles. The fourth-order valence-electron chi connectivity index (χ4n) is 2.63. The van der Waals surface area contributed by atoms with Crippen LogP contribution in [0.3, 0.4) is 0 Å². The highest BCUT2D eigenvalue weighted by atomic mass is 16.5. The van der Waals surface area contributed by atoms with Gasteiger partial charge in [0.15, 0.2) is 0 Å². The Morgan fingerprint density at radius 2 is 2.08 bits per heavy atom. The smallest absolute Gasteiger partial charge is 0.319 e. The molecule has 0 fully saturated rings. The Kier molecular flexibility index (Phi) is 4.60. The monoisotopic (exact) mass is 326 g/mol. The fraction of sp³-hybridized carbons (Fsp3) is 0.235. The molecular formula is C17H18N4O3. The zero-order valence-electron chi connectivity index (χ0n) is 13.0. The Morgan fingerprint density at radius 1 is 1.25 bits per heavy atom. The summed E-state index contributed by atoms with van der Waals surface area (Å²) in [6, 6.07) is 10.6. The van der Waals surface area contributed by atoms with Gasteiger partial charge in [0.2, 0.25) is 0 Å². The molecular weight excluding hydrogens is 308 g/mol. The van der Waals surface area contributed by atoms with Crippen molar-refractivity contribution in [1.82, 2.24) is 10.3 Å². The van der Waals surface area contributed by atoms with Crippen LogP contribution in [0.4, 0.5) is 10.5 Å². The van der Waals surface area contributed by atoms with E-state index < -0.39 is 5.91 Å². The lowest BCUT2D eigenvalue weighted by atomic mass is 9.93. The number of nitrogens with one attached hydrogen (secondary N) is 2. The lowest BCUT2D eigenvalue weighted by Crippen LogP contribution is -2.34. The van der Waals surface area contributed by atoms with E-state index in [1.165, 1.54) is 12.3 Å². The van der Waals surface area contributed by atoms with Gasteiger partial charge >= 0.3 is 6.03 Å². The van der Waals surface area contributed by atoms with Crippen LogP contribution in [0.2, 0.25) is 0 Å². The second-order valence-corrected chi connectivity index (χ2v) is 5.50. The van der Waals surface area contributed by atoms with Crippen molar-refractivity contribution in [3.05, 3.63) is 53.9 Å². The summed E-state index contributed by atoms with van der Waals surface area (Å²) in [4.78, 5) is 26.9. The summed E-state index contributed by atoms with van der Waals surface area (Å²) in [6.07, 6.45) is 2.25. The van der Waals surface area contributed by atoms with Crippen LogP contribution in [-0.4, -0.2) is 30.1 Å². The Balaban J connectivity index is 1.55. The predicted molar refractivity (Wildman–Crippen MR) is 89.1 cm³/mol. The molecule has 7 heteroatoms. The van der Waals surface area contributed by atoms with E-state index in [-0.39, 0.29) is 17.6 Å². The van der Waals surface area contributed by atoms with E-state index in [1.807, 2.05) is 24.3 Å². The minimum absolute atomic E-state index is 0.153. The second-order valence-electron chi connectivity index (χ2n) is 5.50. The molecule has 3 rings (SSSR count). The van der Waals surface area contributed by atoms with E-state index in [9.17, 15) is 9.59 Å². The molecule has 1 aliphatic rings. The number of para-hydroxylation sites is 1. The van der Waals surface area contributed by atoms with Gasteiger partial charge in [-0.2, -0.15) is 0 Å². The number of nitrogens with two attached hydrogens (primary N) is 1. The van der Waals surface area contributed by atoms with Gasteiger partial charge < -0.3 is 21.1 Å². The Labute approximate surface area is 139 Å². The average molecular weight is 326 g/mol. The van der Waals surface area contributed by atoms with Gasteiger partial charge in [-0.15, -0.1) is 0 Å². The van der Waals surface area contributed by atoms with Crippen LogP contribution in [-0.2, 0) is 0 Å². The molecule has 2 heterocycles. The first-order chi connectivity index (χ1) is 11.6. The molecule has 2 aromatic rings. The number of hydrogen-bond acceptors (Lipinski definition) is 4. The highest BCUT2D eigenvalue weighted by Crippen LogP contribution is 2.32. The first kappa shape index (κ1) is 15.8. The molecule has 0 bridgehead atoms. The third-order valence-corrected chi connectivity index (χ3v) is 3.87. The van der Waals surface area contributed by atoms with Crippen molar-refractivity contribution in [2.75, 3.05) is 18.5 Å². The third-order valence-electron chi connectivity index (χ3n) is 3.87. The van der Waals surface area contributed by atoms with Crippen molar-refractivity contribution >= 4 is 17.6 Å². The molecule has 1 aromatic carbocycles. The summed E-state index contributed by atoms with van der Waals surface area (Å²) < 4.78 is 5.61. The van der Waals surface area contributed by atoms with Crippen LogP contribution in [0.15, 0.2) is 42.6 Å². The van der Waals surface area contributed by atoms with E-state index >= 15 is 0 Å². The number of ether oxygens (including phenoxy) is 1. The summed E-state index contributed by atoms with van der Waals surface area (Å²) in [5, 5.41) is 5.53. The van der Waals surface area contributed by atoms with E-state index in [4.69, 9.17) is 10.5 Å². The maximum atomic E-state index is 12.0. The van der Waals surface area contributed by atoms with Gasteiger partial charge in [-0.05, 0) is 30.2 Å². The van der Waals surface area contributed by atoms with Gasteiger partial charge in [0.1, 0.15) is 11.4 Å². The summed E-state index contributed by atoms with van der Waals surface area (Å²) in [6.45, 7) is 1.16. The lowest BCUT2D eigenvalue weighted by molar-refractivity contribution is 0.0995. The topological polar surface area (TPSA) is 106 Å². The summed E-state index contributed by atoms with van der Waals surface area (Å²) >= 11 is 0. The number of benzene rings is 1. The minimum atomic E-state index is -0.607. The van der Waals surface area contributed by atoms with Crippen molar-refractivity contribution < 1.29 is 14.3 Å². The molecule has 0 saturated carbocycles. The fourth-order valence-corrected chi connectivity index (χ4v) is 2.63. The van der Waals surface area contributed by atoms with E-state index in [2.05, 4.69) is 15.6 Å². The highest BCUT2D eigenvalue weighted by Gasteiger charge is 2.21. The van der Waals surface area contributed by atoms with Crippen LogP contribution in [0.1, 0.15) is 28.4 Å². The molecule has 124 valence electrons. The number of nitrogens with zero attached hydrogens (tertiary/aromatic N) is 1. The molecule has 24 heavy (non-hydrogen) atoms. The van der Waals surface area contributed by atoms with Crippen molar-refractivity contribution in [1.29, 1.82) is 0 Å². The van der Waals surface area contributed by atoms with Gasteiger partial charge in [-0.3, -0.25) is 4.79 Å². The zero-order chi connectivity index (χ0) is 16.9. The van der Waals surface area contributed by atoms with E-state index in [1.54, 1.807) is 6.07 Å². The van der Waals surface area contributed by atoms with Crippen LogP contribution < -0.4 is 21.1 Å². The molecule has 0 aliphatic carbocycles. The number of fused-ring (bicyclic) bond motifs is 1. The first-order valence-corrected chi connectivity index (χ1v) is 7.66. The Bertz CT molecular complexity index is 746. The predicted octanol–water partition coefficient (Wildman–Crippen LogP) is 1.87. The molecule has 3 amide bonds. The number of hydrogen-bond donors (Lipinski definition) is 3. The summed E-state index contributed by atoms with van der Waals surface area (Å²) in [5.41, 5.74) is 6.87. The number of primary amides is 1. The third kappa shape index (κ3) is 3.62. The standard InChI is InChI=1S/C17H18N4O3/c18-16(22)14-6-5-12(10-19-14)21-17(23)20-9-11-7-8-24-15-4-2-1-3-13(11)15/h1-6,10-11H,7-9H2,(H2,18,22)(H2,20,21,23)/t11-/m1/s1. The molecule has 1 atom stereocenters. The maximum Gasteiger partial charge on any atom is 0.319 e.